The Balaban J connectivity index is 3.23. The Morgan fingerprint density at radius 1 is 1.14 bits per heavy atom. The van der Waals surface area contributed by atoms with Crippen molar-refractivity contribution < 1.29 is 4.74 Å². The molecule has 0 saturated carbocycles. The molecule has 2 unspecified atom stereocenters. The lowest BCUT2D eigenvalue weighted by Crippen LogP contribution is -2.25. The van der Waals surface area contributed by atoms with Gasteiger partial charge in [0.05, 0.1) is 6.61 Å². The van der Waals surface area contributed by atoms with Gasteiger partial charge in [-0.25, -0.2) is 0 Å². The predicted molar refractivity (Wildman–Crippen MR) is 62.6 cm³/mol. The molecule has 0 aromatic rings. The highest BCUT2D eigenvalue weighted by Gasteiger charge is 2.04. The molecule has 2 atom stereocenters. The SMILES string of the molecule is CCC(C)CCC(C)CNCCOC. The molecule has 0 aromatic carbocycles. The first-order valence-corrected chi connectivity index (χ1v) is 5.90. The minimum Gasteiger partial charge on any atom is -0.383 e. The highest BCUT2D eigenvalue weighted by atomic mass is 16.5. The van der Waals surface area contributed by atoms with Crippen LogP contribution in [0.15, 0.2) is 0 Å². The van der Waals surface area contributed by atoms with Crippen LogP contribution in [0.1, 0.15) is 40.0 Å². The lowest BCUT2D eigenvalue weighted by molar-refractivity contribution is 0.197. The molecule has 0 aliphatic carbocycles. The summed E-state index contributed by atoms with van der Waals surface area (Å²) in [4.78, 5) is 0. The smallest absolute Gasteiger partial charge is 0.0587 e. The molecule has 0 heterocycles. The molecule has 2 nitrogen and oxygen atoms in total. The van der Waals surface area contributed by atoms with Crippen LogP contribution >= 0.6 is 0 Å². The highest BCUT2D eigenvalue weighted by Crippen LogP contribution is 2.13. The molecule has 86 valence electrons. The summed E-state index contributed by atoms with van der Waals surface area (Å²) in [7, 11) is 1.74. The lowest BCUT2D eigenvalue weighted by Gasteiger charge is -2.14. The van der Waals surface area contributed by atoms with Crippen molar-refractivity contribution in [2.75, 3.05) is 26.8 Å². The Kier molecular flexibility index (Phi) is 9.42. The summed E-state index contributed by atoms with van der Waals surface area (Å²) in [5.41, 5.74) is 0. The Bertz CT molecular complexity index is 117. The highest BCUT2D eigenvalue weighted by molar-refractivity contribution is 4.59. The first-order valence-electron chi connectivity index (χ1n) is 5.90. The van der Waals surface area contributed by atoms with E-state index in [9.17, 15) is 0 Å². The van der Waals surface area contributed by atoms with Crippen LogP contribution in [0.25, 0.3) is 0 Å². The van der Waals surface area contributed by atoms with Crippen LogP contribution in [0.2, 0.25) is 0 Å². The monoisotopic (exact) mass is 201 g/mol. The van der Waals surface area contributed by atoms with Gasteiger partial charge in [-0.3, -0.25) is 0 Å². The van der Waals surface area contributed by atoms with E-state index in [0.717, 1.165) is 31.5 Å². The van der Waals surface area contributed by atoms with Crippen LogP contribution in [-0.2, 0) is 4.74 Å². The number of ether oxygens (including phenoxy) is 1. The molecule has 0 aliphatic heterocycles. The van der Waals surface area contributed by atoms with E-state index in [4.69, 9.17) is 4.74 Å². The second-order valence-corrected chi connectivity index (χ2v) is 4.39. The molecule has 0 rings (SSSR count). The summed E-state index contributed by atoms with van der Waals surface area (Å²) in [5.74, 6) is 1.68. The normalized spacial score (nSPS) is 15.4. The van der Waals surface area contributed by atoms with E-state index in [1.165, 1.54) is 19.3 Å². The number of rotatable bonds is 9. The molecular formula is C12H27NO. The third-order valence-electron chi connectivity index (χ3n) is 2.82. The van der Waals surface area contributed by atoms with Gasteiger partial charge in [0.25, 0.3) is 0 Å². The van der Waals surface area contributed by atoms with Gasteiger partial charge in [-0.15, -0.1) is 0 Å². The Labute approximate surface area is 89.4 Å². The molecule has 14 heavy (non-hydrogen) atoms. The van der Waals surface area contributed by atoms with E-state index in [1.54, 1.807) is 7.11 Å². The molecule has 0 fully saturated rings. The van der Waals surface area contributed by atoms with Gasteiger partial charge in [0.1, 0.15) is 0 Å². The second kappa shape index (κ2) is 9.47. The van der Waals surface area contributed by atoms with Gasteiger partial charge in [-0.2, -0.15) is 0 Å². The van der Waals surface area contributed by atoms with E-state index >= 15 is 0 Å². The molecule has 0 spiro atoms. The van der Waals surface area contributed by atoms with E-state index < -0.39 is 0 Å². The summed E-state index contributed by atoms with van der Waals surface area (Å²) in [6, 6.07) is 0. The topological polar surface area (TPSA) is 21.3 Å². The van der Waals surface area contributed by atoms with E-state index in [0.29, 0.717) is 0 Å². The lowest BCUT2D eigenvalue weighted by atomic mass is 9.96. The van der Waals surface area contributed by atoms with Gasteiger partial charge in [0.2, 0.25) is 0 Å². The van der Waals surface area contributed by atoms with Crippen LogP contribution in [0.4, 0.5) is 0 Å². The van der Waals surface area contributed by atoms with Crippen molar-refractivity contribution in [3.63, 3.8) is 0 Å². The maximum Gasteiger partial charge on any atom is 0.0587 e. The summed E-state index contributed by atoms with van der Waals surface area (Å²) in [6.45, 7) is 9.85. The van der Waals surface area contributed by atoms with E-state index in [2.05, 4.69) is 26.1 Å². The van der Waals surface area contributed by atoms with Gasteiger partial charge < -0.3 is 10.1 Å². The molecule has 0 aliphatic rings. The Morgan fingerprint density at radius 2 is 1.79 bits per heavy atom. The van der Waals surface area contributed by atoms with Crippen molar-refractivity contribution in [2.24, 2.45) is 11.8 Å². The van der Waals surface area contributed by atoms with Gasteiger partial charge in [-0.1, -0.05) is 33.6 Å². The predicted octanol–water partition coefficient (Wildman–Crippen LogP) is 2.68. The molecular weight excluding hydrogens is 174 g/mol. The molecule has 0 radical (unpaired) electrons. The average Bonchev–Trinajstić information content (AvgIpc) is 2.21. The maximum atomic E-state index is 4.98. The second-order valence-electron chi connectivity index (χ2n) is 4.39. The van der Waals surface area contributed by atoms with Crippen molar-refractivity contribution in [2.45, 2.75) is 40.0 Å². The zero-order chi connectivity index (χ0) is 10.8. The maximum absolute atomic E-state index is 4.98. The van der Waals surface area contributed by atoms with Crippen molar-refractivity contribution in [3.8, 4) is 0 Å². The Morgan fingerprint density at radius 3 is 2.36 bits per heavy atom. The fourth-order valence-electron chi connectivity index (χ4n) is 1.40. The van der Waals surface area contributed by atoms with Gasteiger partial charge in [0, 0.05) is 13.7 Å². The van der Waals surface area contributed by atoms with Crippen LogP contribution in [0, 0.1) is 11.8 Å². The molecule has 2 heteroatoms. The Hall–Kier alpha value is -0.0800. The zero-order valence-corrected chi connectivity index (χ0v) is 10.3. The third kappa shape index (κ3) is 8.52. The minimum atomic E-state index is 0.792. The van der Waals surface area contributed by atoms with Crippen LogP contribution < -0.4 is 5.32 Å². The molecule has 0 amide bonds. The van der Waals surface area contributed by atoms with Gasteiger partial charge in [-0.05, 0) is 24.8 Å². The summed E-state index contributed by atoms with van der Waals surface area (Å²) in [6.07, 6.45) is 4.02. The largest absolute Gasteiger partial charge is 0.383 e. The van der Waals surface area contributed by atoms with Gasteiger partial charge >= 0.3 is 0 Å². The minimum absolute atomic E-state index is 0.792. The zero-order valence-electron chi connectivity index (χ0n) is 10.3. The van der Waals surface area contributed by atoms with Gasteiger partial charge in [0.15, 0.2) is 0 Å². The van der Waals surface area contributed by atoms with Crippen molar-refractivity contribution in [3.05, 3.63) is 0 Å². The molecule has 0 bridgehead atoms. The first-order chi connectivity index (χ1) is 6.70. The first kappa shape index (κ1) is 13.9. The summed E-state index contributed by atoms with van der Waals surface area (Å²) >= 11 is 0. The third-order valence-corrected chi connectivity index (χ3v) is 2.82. The van der Waals surface area contributed by atoms with Crippen LogP contribution in [0.3, 0.4) is 0 Å². The van der Waals surface area contributed by atoms with Crippen molar-refractivity contribution in [1.29, 1.82) is 0 Å². The summed E-state index contributed by atoms with van der Waals surface area (Å²) in [5, 5.41) is 3.40. The standard InChI is InChI=1S/C12H27NO/c1-5-11(2)6-7-12(3)10-13-8-9-14-4/h11-13H,5-10H2,1-4H3. The molecule has 1 N–H and O–H groups in total. The average molecular weight is 201 g/mol. The number of nitrogens with one attached hydrogen (secondary N) is 1. The van der Waals surface area contributed by atoms with Crippen LogP contribution in [-0.4, -0.2) is 26.8 Å². The van der Waals surface area contributed by atoms with Crippen LogP contribution in [0.5, 0.6) is 0 Å². The van der Waals surface area contributed by atoms with E-state index in [1.807, 2.05) is 0 Å². The molecule has 0 aromatic heterocycles. The van der Waals surface area contributed by atoms with Crippen molar-refractivity contribution >= 4 is 0 Å². The fourth-order valence-corrected chi connectivity index (χ4v) is 1.40. The summed E-state index contributed by atoms with van der Waals surface area (Å²) < 4.78 is 4.98. The molecule has 0 saturated heterocycles. The quantitative estimate of drug-likeness (QED) is 0.579. The van der Waals surface area contributed by atoms with Crippen molar-refractivity contribution in [1.82, 2.24) is 5.32 Å². The number of hydrogen-bond acceptors (Lipinski definition) is 2. The fraction of sp³-hybridized carbons (Fsp3) is 1.00. The van der Waals surface area contributed by atoms with E-state index in [-0.39, 0.29) is 0 Å². The number of hydrogen-bond donors (Lipinski definition) is 1. The number of methoxy groups -OCH3 is 1.